The van der Waals surface area contributed by atoms with Crippen molar-refractivity contribution in [3.63, 3.8) is 0 Å². The molecule has 1 aromatic rings. The fraction of sp³-hybridized carbons (Fsp3) is 0.680. The van der Waals surface area contributed by atoms with Gasteiger partial charge in [0.15, 0.2) is 0 Å². The molecule has 0 unspecified atom stereocenters. The molecule has 0 bridgehead atoms. The summed E-state index contributed by atoms with van der Waals surface area (Å²) >= 11 is 0. The van der Waals surface area contributed by atoms with E-state index >= 15 is 0 Å². The van der Waals surface area contributed by atoms with Gasteiger partial charge in [-0.05, 0) is 37.2 Å². The summed E-state index contributed by atoms with van der Waals surface area (Å²) in [6.45, 7) is 1.45. The summed E-state index contributed by atoms with van der Waals surface area (Å²) in [6, 6.07) is 10.2. The Balaban J connectivity index is 2.19. The zero-order chi connectivity index (χ0) is 21.9. The van der Waals surface area contributed by atoms with Crippen molar-refractivity contribution in [1.29, 1.82) is 0 Å². The number of hydrogen-bond acceptors (Lipinski definition) is 3. The highest BCUT2D eigenvalue weighted by Gasteiger charge is 2.09. The first-order chi connectivity index (χ1) is 14.6. The first-order valence-electron chi connectivity index (χ1n) is 11.6. The molecule has 2 N–H and O–H groups in total. The third kappa shape index (κ3) is 16.0. The molecule has 170 valence electrons. The monoisotopic (exact) mass is 420 g/mol. The summed E-state index contributed by atoms with van der Waals surface area (Å²) in [5.74, 6) is -0.721. The summed E-state index contributed by atoms with van der Waals surface area (Å²) in [5.41, 5.74) is 1.21. The van der Waals surface area contributed by atoms with Gasteiger partial charge in [0.1, 0.15) is 0 Å². The van der Waals surface area contributed by atoms with E-state index in [-0.39, 0.29) is 12.8 Å². The van der Waals surface area contributed by atoms with E-state index in [0.717, 1.165) is 64.4 Å². The normalized spacial score (nSPS) is 11.1. The van der Waals surface area contributed by atoms with Crippen LogP contribution in [0.3, 0.4) is 0 Å². The van der Waals surface area contributed by atoms with Crippen LogP contribution in [0.5, 0.6) is 0 Å². The van der Waals surface area contributed by atoms with Crippen molar-refractivity contribution in [2.75, 3.05) is 6.61 Å². The molecule has 0 atom stereocenters. The molecule has 0 radical (unpaired) electrons. The number of aliphatic carboxylic acids is 2. The van der Waals surface area contributed by atoms with Gasteiger partial charge in [-0.15, -0.1) is 0 Å². The lowest BCUT2D eigenvalue weighted by atomic mass is 9.90. The summed E-state index contributed by atoms with van der Waals surface area (Å²) in [5, 5.41) is 17.4. The van der Waals surface area contributed by atoms with Gasteiger partial charge in [-0.25, -0.2) is 0 Å². The molecule has 1 aromatic carbocycles. The van der Waals surface area contributed by atoms with Crippen molar-refractivity contribution in [3.8, 4) is 0 Å². The van der Waals surface area contributed by atoms with Crippen LogP contribution in [0.25, 0.3) is 0 Å². The zero-order valence-electron chi connectivity index (χ0n) is 18.4. The minimum absolute atomic E-state index is 0.276. The largest absolute Gasteiger partial charge is 0.481 e. The van der Waals surface area contributed by atoms with Crippen LogP contribution in [0, 0.1) is 5.92 Å². The summed E-state index contributed by atoms with van der Waals surface area (Å²) in [4.78, 5) is 21.2. The average molecular weight is 421 g/mol. The zero-order valence-corrected chi connectivity index (χ0v) is 18.4. The second-order valence-electron chi connectivity index (χ2n) is 8.24. The molecule has 0 saturated carbocycles. The van der Waals surface area contributed by atoms with Gasteiger partial charge >= 0.3 is 11.9 Å². The second kappa shape index (κ2) is 17.9. The molecular weight excluding hydrogens is 380 g/mol. The van der Waals surface area contributed by atoms with Crippen LogP contribution in [0.4, 0.5) is 0 Å². The van der Waals surface area contributed by atoms with Crippen LogP contribution in [0.15, 0.2) is 30.3 Å². The maximum absolute atomic E-state index is 10.6. The highest BCUT2D eigenvalue weighted by Crippen LogP contribution is 2.23. The summed E-state index contributed by atoms with van der Waals surface area (Å²) < 4.78 is 5.82. The minimum atomic E-state index is -0.703. The molecule has 0 aliphatic carbocycles. The molecule has 0 spiro atoms. The third-order valence-corrected chi connectivity index (χ3v) is 5.52. The molecule has 0 aliphatic heterocycles. The molecule has 5 heteroatoms. The van der Waals surface area contributed by atoms with Gasteiger partial charge in [-0.2, -0.15) is 0 Å². The Morgan fingerprint density at radius 2 is 1.20 bits per heavy atom. The van der Waals surface area contributed by atoms with Crippen molar-refractivity contribution in [2.45, 2.75) is 96.5 Å². The molecule has 0 saturated heterocycles. The van der Waals surface area contributed by atoms with Gasteiger partial charge in [0.05, 0.1) is 6.61 Å². The van der Waals surface area contributed by atoms with E-state index in [1.54, 1.807) is 0 Å². The highest BCUT2D eigenvalue weighted by molar-refractivity contribution is 5.66. The Hall–Kier alpha value is -1.88. The predicted octanol–water partition coefficient (Wildman–Crippen LogP) is 6.45. The number of benzene rings is 1. The van der Waals surface area contributed by atoms with Crippen molar-refractivity contribution in [2.24, 2.45) is 5.92 Å². The second-order valence-corrected chi connectivity index (χ2v) is 8.24. The lowest BCUT2D eigenvalue weighted by Gasteiger charge is -2.17. The average Bonchev–Trinajstić information content (AvgIpc) is 2.72. The Morgan fingerprint density at radius 3 is 1.73 bits per heavy atom. The minimum Gasteiger partial charge on any atom is -0.481 e. The maximum atomic E-state index is 10.6. The number of hydrogen-bond donors (Lipinski definition) is 2. The Labute approximate surface area is 181 Å². The van der Waals surface area contributed by atoms with Gasteiger partial charge in [0.25, 0.3) is 0 Å². The molecule has 0 aromatic heterocycles. The van der Waals surface area contributed by atoms with Gasteiger partial charge < -0.3 is 14.9 Å². The first kappa shape index (κ1) is 26.2. The Kier molecular flexibility index (Phi) is 15.6. The molecule has 0 heterocycles. The summed E-state index contributed by atoms with van der Waals surface area (Å²) in [7, 11) is 0. The summed E-state index contributed by atoms with van der Waals surface area (Å²) in [6.07, 6.45) is 13.2. The van der Waals surface area contributed by atoms with Crippen LogP contribution in [-0.2, 0) is 20.9 Å². The van der Waals surface area contributed by atoms with Crippen molar-refractivity contribution in [3.05, 3.63) is 35.9 Å². The van der Waals surface area contributed by atoms with Crippen LogP contribution < -0.4 is 0 Å². The molecule has 30 heavy (non-hydrogen) atoms. The number of carboxylic acid groups (broad SMARTS) is 2. The number of unbranched alkanes of at least 4 members (excludes halogenated alkanes) is 6. The molecule has 1 rings (SSSR count). The lowest BCUT2D eigenvalue weighted by Crippen LogP contribution is -2.04. The van der Waals surface area contributed by atoms with E-state index in [1.807, 2.05) is 18.2 Å². The van der Waals surface area contributed by atoms with Crippen molar-refractivity contribution >= 4 is 11.9 Å². The first-order valence-corrected chi connectivity index (χ1v) is 11.6. The van der Waals surface area contributed by atoms with Gasteiger partial charge in [-0.1, -0.05) is 81.7 Å². The van der Waals surface area contributed by atoms with Crippen LogP contribution >= 0.6 is 0 Å². The number of carbonyl (C=O) groups is 2. The maximum Gasteiger partial charge on any atom is 0.303 e. The van der Waals surface area contributed by atoms with Crippen LogP contribution in [0.2, 0.25) is 0 Å². The van der Waals surface area contributed by atoms with Crippen LogP contribution in [0.1, 0.15) is 95.5 Å². The van der Waals surface area contributed by atoms with E-state index in [4.69, 9.17) is 14.9 Å². The van der Waals surface area contributed by atoms with E-state index in [0.29, 0.717) is 12.5 Å². The SMILES string of the molecule is O=C(O)CCCCCCC(CCCCCCC(=O)O)CCCOCc1ccccc1. The van der Waals surface area contributed by atoms with E-state index < -0.39 is 11.9 Å². The number of carboxylic acids is 2. The van der Waals surface area contributed by atoms with E-state index in [2.05, 4.69) is 12.1 Å². The Morgan fingerprint density at radius 1 is 0.700 bits per heavy atom. The van der Waals surface area contributed by atoms with Gasteiger partial charge in [0, 0.05) is 19.4 Å². The van der Waals surface area contributed by atoms with E-state index in [1.165, 1.54) is 24.8 Å². The fourth-order valence-electron chi connectivity index (χ4n) is 3.80. The van der Waals surface area contributed by atoms with Gasteiger partial charge in [0.2, 0.25) is 0 Å². The number of rotatable bonds is 20. The molecular formula is C25H40O5. The molecule has 0 amide bonds. The van der Waals surface area contributed by atoms with Crippen LogP contribution in [-0.4, -0.2) is 28.8 Å². The standard InChI is InChI=1S/C25H40O5/c26-24(27)18-10-3-1-6-13-22(14-7-2-4-11-19-25(28)29)17-12-20-30-21-23-15-8-5-9-16-23/h5,8-9,15-16,22H,1-4,6-7,10-14,17-21H2,(H,26,27)(H,28,29). The highest BCUT2D eigenvalue weighted by atomic mass is 16.5. The van der Waals surface area contributed by atoms with Crippen molar-refractivity contribution in [1.82, 2.24) is 0 Å². The topological polar surface area (TPSA) is 83.8 Å². The van der Waals surface area contributed by atoms with Gasteiger partial charge in [-0.3, -0.25) is 9.59 Å². The predicted molar refractivity (Wildman–Crippen MR) is 119 cm³/mol. The van der Waals surface area contributed by atoms with Crippen molar-refractivity contribution < 1.29 is 24.5 Å². The number of ether oxygens (including phenoxy) is 1. The molecule has 0 aliphatic rings. The smallest absolute Gasteiger partial charge is 0.303 e. The Bertz CT molecular complexity index is 532. The quantitative estimate of drug-likeness (QED) is 0.237. The lowest BCUT2D eigenvalue weighted by molar-refractivity contribution is -0.138. The molecule has 5 nitrogen and oxygen atoms in total. The third-order valence-electron chi connectivity index (χ3n) is 5.52. The molecule has 0 fully saturated rings. The fourth-order valence-corrected chi connectivity index (χ4v) is 3.80. The van der Waals surface area contributed by atoms with E-state index in [9.17, 15) is 9.59 Å².